The minimum Gasteiger partial charge on any atom is -0.378 e. The van der Waals surface area contributed by atoms with Gasteiger partial charge in [-0.15, -0.1) is 0 Å². The predicted molar refractivity (Wildman–Crippen MR) is 101 cm³/mol. The van der Waals surface area contributed by atoms with Gasteiger partial charge in [-0.05, 0) is 31.0 Å². The molecule has 1 heterocycles. The zero-order valence-corrected chi connectivity index (χ0v) is 15.1. The minimum atomic E-state index is -0.0443. The normalized spacial score (nSPS) is 20.8. The number of likely N-dealkylation sites (tertiary alicyclic amines) is 1. The Morgan fingerprint density at radius 3 is 2.44 bits per heavy atom. The van der Waals surface area contributed by atoms with E-state index in [4.69, 9.17) is 4.74 Å². The molecule has 3 rings (SSSR count). The van der Waals surface area contributed by atoms with Crippen LogP contribution in [0.15, 0.2) is 54.6 Å². The summed E-state index contributed by atoms with van der Waals surface area (Å²) in [5, 5.41) is 3.19. The number of methoxy groups -OCH3 is 1. The summed E-state index contributed by atoms with van der Waals surface area (Å²) < 4.78 is 5.60. The summed E-state index contributed by atoms with van der Waals surface area (Å²) in [6.45, 7) is 6.00. The number of nitrogens with zero attached hydrogens (tertiary/aromatic N) is 1. The summed E-state index contributed by atoms with van der Waals surface area (Å²) in [6.07, 6.45) is 0.0234. The standard InChI is InChI=1S/C21H26N2O2/c1-15(2)23-13-19(20(14-23)25-3)22-21(24)18-12-8-7-11-17(18)16-9-5-4-6-10-16/h4-12,15,19-20H,13-14H2,1-3H3,(H,22,24)/t19-,20-/m0/s1. The molecule has 0 bridgehead atoms. The maximum atomic E-state index is 12.9. The molecule has 1 aliphatic heterocycles. The van der Waals surface area contributed by atoms with Crippen molar-refractivity contribution in [3.8, 4) is 11.1 Å². The van der Waals surface area contributed by atoms with Gasteiger partial charge < -0.3 is 10.1 Å². The number of hydrogen-bond donors (Lipinski definition) is 1. The molecule has 4 nitrogen and oxygen atoms in total. The zero-order chi connectivity index (χ0) is 17.8. The third-order valence-corrected chi connectivity index (χ3v) is 4.90. The summed E-state index contributed by atoms with van der Waals surface area (Å²) in [4.78, 5) is 15.3. The zero-order valence-electron chi connectivity index (χ0n) is 15.1. The minimum absolute atomic E-state index is 0.00345. The highest BCUT2D eigenvalue weighted by Crippen LogP contribution is 2.24. The molecule has 1 saturated heterocycles. The van der Waals surface area contributed by atoms with Gasteiger partial charge in [0.2, 0.25) is 0 Å². The highest BCUT2D eigenvalue weighted by atomic mass is 16.5. The van der Waals surface area contributed by atoms with E-state index in [1.54, 1.807) is 7.11 Å². The quantitative estimate of drug-likeness (QED) is 0.910. The molecule has 132 valence electrons. The third kappa shape index (κ3) is 3.91. The van der Waals surface area contributed by atoms with Crippen molar-refractivity contribution >= 4 is 5.91 Å². The van der Waals surface area contributed by atoms with Crippen molar-refractivity contribution in [2.75, 3.05) is 20.2 Å². The van der Waals surface area contributed by atoms with Gasteiger partial charge in [0, 0.05) is 31.8 Å². The van der Waals surface area contributed by atoms with E-state index in [-0.39, 0.29) is 18.1 Å². The van der Waals surface area contributed by atoms with E-state index in [0.717, 1.165) is 24.2 Å². The van der Waals surface area contributed by atoms with Crippen LogP contribution in [0.25, 0.3) is 11.1 Å². The van der Waals surface area contributed by atoms with Gasteiger partial charge in [-0.3, -0.25) is 9.69 Å². The first-order valence-electron chi connectivity index (χ1n) is 8.82. The molecule has 1 amide bonds. The van der Waals surface area contributed by atoms with Crippen LogP contribution < -0.4 is 5.32 Å². The molecule has 4 heteroatoms. The monoisotopic (exact) mass is 338 g/mol. The van der Waals surface area contributed by atoms with E-state index in [1.165, 1.54) is 0 Å². The first-order chi connectivity index (χ1) is 12.1. The van der Waals surface area contributed by atoms with Crippen LogP contribution in [0.3, 0.4) is 0 Å². The first kappa shape index (κ1) is 17.6. The summed E-state index contributed by atoms with van der Waals surface area (Å²) >= 11 is 0. The van der Waals surface area contributed by atoms with Crippen LogP contribution in [0.4, 0.5) is 0 Å². The lowest BCUT2D eigenvalue weighted by atomic mass is 9.99. The second-order valence-corrected chi connectivity index (χ2v) is 6.81. The molecule has 2 atom stereocenters. The number of hydrogen-bond acceptors (Lipinski definition) is 3. The third-order valence-electron chi connectivity index (χ3n) is 4.90. The molecule has 1 aliphatic rings. The Morgan fingerprint density at radius 1 is 1.08 bits per heavy atom. The van der Waals surface area contributed by atoms with Crippen molar-refractivity contribution < 1.29 is 9.53 Å². The van der Waals surface area contributed by atoms with E-state index in [9.17, 15) is 4.79 Å². The van der Waals surface area contributed by atoms with Gasteiger partial charge in [-0.1, -0.05) is 48.5 Å². The van der Waals surface area contributed by atoms with Crippen LogP contribution in [0.2, 0.25) is 0 Å². The average Bonchev–Trinajstić information content (AvgIpc) is 3.05. The highest BCUT2D eigenvalue weighted by molar-refractivity contribution is 6.01. The summed E-state index contributed by atoms with van der Waals surface area (Å²) in [5.74, 6) is -0.0443. The van der Waals surface area contributed by atoms with Crippen LogP contribution in [0.5, 0.6) is 0 Å². The van der Waals surface area contributed by atoms with Crippen LogP contribution in [0.1, 0.15) is 24.2 Å². The SMILES string of the molecule is CO[C@H]1CN(C(C)C)C[C@@H]1NC(=O)c1ccccc1-c1ccccc1. The fourth-order valence-electron chi connectivity index (χ4n) is 3.40. The number of rotatable bonds is 5. The maximum Gasteiger partial charge on any atom is 0.252 e. The van der Waals surface area contributed by atoms with Gasteiger partial charge in [0.1, 0.15) is 0 Å². The Bertz CT molecular complexity index is 715. The van der Waals surface area contributed by atoms with E-state index in [0.29, 0.717) is 11.6 Å². The van der Waals surface area contributed by atoms with Crippen molar-refractivity contribution in [3.63, 3.8) is 0 Å². The Balaban J connectivity index is 1.80. The highest BCUT2D eigenvalue weighted by Gasteiger charge is 2.35. The van der Waals surface area contributed by atoms with Gasteiger partial charge in [0.05, 0.1) is 12.1 Å². The molecule has 1 N–H and O–H groups in total. The lowest BCUT2D eigenvalue weighted by molar-refractivity contribution is 0.0753. The van der Waals surface area contributed by atoms with Crippen molar-refractivity contribution in [1.82, 2.24) is 10.2 Å². The topological polar surface area (TPSA) is 41.6 Å². The largest absolute Gasteiger partial charge is 0.378 e. The Labute approximate surface area is 149 Å². The van der Waals surface area contributed by atoms with Crippen LogP contribution >= 0.6 is 0 Å². The Hall–Kier alpha value is -2.17. The molecule has 0 spiro atoms. The number of nitrogens with one attached hydrogen (secondary N) is 1. The molecular weight excluding hydrogens is 312 g/mol. The van der Waals surface area contributed by atoms with Gasteiger partial charge in [0.15, 0.2) is 0 Å². The van der Waals surface area contributed by atoms with E-state index < -0.39 is 0 Å². The summed E-state index contributed by atoms with van der Waals surface area (Å²) in [5.41, 5.74) is 2.70. The van der Waals surface area contributed by atoms with Crippen molar-refractivity contribution in [2.24, 2.45) is 0 Å². The van der Waals surface area contributed by atoms with Crippen LogP contribution in [-0.2, 0) is 4.74 Å². The lowest BCUT2D eigenvalue weighted by Gasteiger charge is -2.20. The molecular formula is C21H26N2O2. The van der Waals surface area contributed by atoms with Gasteiger partial charge in [0.25, 0.3) is 5.91 Å². The number of carbonyl (C=O) groups is 1. The van der Waals surface area contributed by atoms with Crippen LogP contribution in [0, 0.1) is 0 Å². The number of ether oxygens (including phenoxy) is 1. The molecule has 25 heavy (non-hydrogen) atoms. The van der Waals surface area contributed by atoms with Gasteiger partial charge in [-0.2, -0.15) is 0 Å². The fourth-order valence-corrected chi connectivity index (χ4v) is 3.40. The van der Waals surface area contributed by atoms with Crippen LogP contribution in [-0.4, -0.2) is 49.2 Å². The van der Waals surface area contributed by atoms with Gasteiger partial charge in [-0.25, -0.2) is 0 Å². The Morgan fingerprint density at radius 2 is 1.76 bits per heavy atom. The predicted octanol–water partition coefficient (Wildman–Crippen LogP) is 3.19. The van der Waals surface area contributed by atoms with Gasteiger partial charge >= 0.3 is 0 Å². The molecule has 2 aromatic carbocycles. The second kappa shape index (κ2) is 7.81. The van der Waals surface area contributed by atoms with E-state index in [1.807, 2.05) is 54.6 Å². The number of carbonyl (C=O) groups excluding carboxylic acids is 1. The van der Waals surface area contributed by atoms with Crippen molar-refractivity contribution in [2.45, 2.75) is 32.0 Å². The summed E-state index contributed by atoms with van der Waals surface area (Å²) in [6, 6.07) is 18.2. The Kier molecular flexibility index (Phi) is 5.51. The summed E-state index contributed by atoms with van der Waals surface area (Å²) in [7, 11) is 1.71. The molecule has 1 fully saturated rings. The molecule has 0 radical (unpaired) electrons. The van der Waals surface area contributed by atoms with E-state index in [2.05, 4.69) is 24.1 Å². The average molecular weight is 338 g/mol. The smallest absolute Gasteiger partial charge is 0.252 e. The molecule has 2 aromatic rings. The van der Waals surface area contributed by atoms with Crippen molar-refractivity contribution in [1.29, 1.82) is 0 Å². The molecule has 0 aromatic heterocycles. The number of amides is 1. The molecule has 0 saturated carbocycles. The van der Waals surface area contributed by atoms with E-state index >= 15 is 0 Å². The molecule has 0 unspecified atom stereocenters. The second-order valence-electron chi connectivity index (χ2n) is 6.81. The lowest BCUT2D eigenvalue weighted by Crippen LogP contribution is -2.43. The fraction of sp³-hybridized carbons (Fsp3) is 0.381. The number of benzene rings is 2. The molecule has 0 aliphatic carbocycles. The van der Waals surface area contributed by atoms with Crippen molar-refractivity contribution in [3.05, 3.63) is 60.2 Å². The maximum absolute atomic E-state index is 12.9. The first-order valence-corrected chi connectivity index (χ1v) is 8.82.